The number of carboxylic acid groups (broad SMARTS) is 2. The van der Waals surface area contributed by atoms with Gasteiger partial charge in [0.15, 0.2) is 0 Å². The number of H-pyrrole nitrogens is 1. The number of phenols is 1. The van der Waals surface area contributed by atoms with Crippen molar-refractivity contribution < 1.29 is 82.8 Å². The van der Waals surface area contributed by atoms with Crippen LogP contribution >= 0.6 is 12.6 Å². The molecule has 1 heterocycles. The standard InChI is InChI=1S/C61H74N14O17S/c62-40(26-38-28-64-33-67-38)53(83)74-47(31-76)60(90)71-43(23-35-12-6-2-7-13-35)57(87)72-45(27-49(63)78)59(89)75-48(32-93)54(84)66-29-50(79)65-30-51(80)68-41(20-21-52(81)82)55(85)69-42(22-34-10-4-1-5-11-34)56(86)70-44(24-36-14-8-3-9-15-36)58(88)73-46(61(91)92)25-37-16-18-39(77)19-17-37/h1-19,28,33,40-48,76-77,93H,20-27,29-32,62H2,(H2,63,78)(H,64,67)(H,65,79)(H,66,84)(H,68,80)(H,69,85)(H,70,86)(H,71,90)(H,72,87)(H,73,88)(H,74,83)(H,75,89)(H,81,82)(H,91,92). The van der Waals surface area contributed by atoms with E-state index >= 15 is 0 Å². The van der Waals surface area contributed by atoms with Crippen LogP contribution in [-0.2, 0) is 94.4 Å². The molecule has 0 fully saturated rings. The topological polar surface area (TPSA) is 504 Å². The molecule has 4 aromatic carbocycles. The van der Waals surface area contributed by atoms with Gasteiger partial charge in [0, 0.05) is 56.2 Å². The monoisotopic (exact) mass is 1310 g/mol. The van der Waals surface area contributed by atoms with Gasteiger partial charge in [0.2, 0.25) is 65.0 Å². The van der Waals surface area contributed by atoms with Crippen molar-refractivity contribution in [2.45, 2.75) is 106 Å². The van der Waals surface area contributed by atoms with Crippen LogP contribution in [0.5, 0.6) is 5.75 Å². The number of nitrogens with two attached hydrogens (primary N) is 2. The number of amides is 11. The van der Waals surface area contributed by atoms with Gasteiger partial charge in [-0.1, -0.05) is 103 Å². The van der Waals surface area contributed by atoms with Crippen LogP contribution in [0.25, 0.3) is 0 Å². The van der Waals surface area contributed by atoms with Gasteiger partial charge < -0.3 is 90.0 Å². The Morgan fingerprint density at radius 3 is 1.34 bits per heavy atom. The fraction of sp³-hybridized carbons (Fsp3) is 0.344. The van der Waals surface area contributed by atoms with Crippen molar-refractivity contribution >= 4 is 89.5 Å². The van der Waals surface area contributed by atoms with Crippen molar-refractivity contribution in [3.63, 3.8) is 0 Å². The number of rotatable bonds is 38. The molecule has 0 spiro atoms. The number of hydrogen-bond acceptors (Lipinski definition) is 18. The van der Waals surface area contributed by atoms with E-state index < -0.39 is 176 Å². The first kappa shape index (κ1) is 73.0. The van der Waals surface area contributed by atoms with Gasteiger partial charge in [-0.3, -0.25) is 57.5 Å². The summed E-state index contributed by atoms with van der Waals surface area (Å²) in [5.74, 6) is -14.4. The number of aliphatic carboxylic acids is 2. The summed E-state index contributed by atoms with van der Waals surface area (Å²) in [6.45, 7) is -2.62. The van der Waals surface area contributed by atoms with Crippen LogP contribution in [0, 0.1) is 0 Å². The second kappa shape index (κ2) is 37.4. The number of hydrogen-bond donors (Lipinski definition) is 18. The molecule has 5 rings (SSSR count). The lowest BCUT2D eigenvalue weighted by Gasteiger charge is -2.26. The predicted octanol–water partition coefficient (Wildman–Crippen LogP) is -4.19. The molecule has 0 aliphatic heterocycles. The summed E-state index contributed by atoms with van der Waals surface area (Å²) in [6, 6.07) is 16.7. The lowest BCUT2D eigenvalue weighted by atomic mass is 10.0. The summed E-state index contributed by atoms with van der Waals surface area (Å²) in [7, 11) is 0. The average molecular weight is 1310 g/mol. The number of aromatic hydroxyl groups is 1. The third-order valence-corrected chi connectivity index (χ3v) is 14.3. The molecule has 19 N–H and O–H groups in total. The molecule has 0 radical (unpaired) electrons. The SMILES string of the molecule is NC(=O)CC(NC(=O)C(Cc1ccccc1)NC(=O)C(CO)NC(=O)C(N)Cc1cnc[nH]1)C(=O)NC(CS)C(=O)NCC(=O)NCC(=O)NC(CCC(=O)O)C(=O)NC(Cc1ccccc1)C(=O)NC(Cc1ccccc1)C(=O)NC(Cc1ccc(O)cc1)C(=O)O. The second-order valence-electron chi connectivity index (χ2n) is 21.2. The van der Waals surface area contributed by atoms with Gasteiger partial charge in [-0.05, 0) is 40.8 Å². The molecule has 31 nitrogen and oxygen atoms in total. The summed E-state index contributed by atoms with van der Waals surface area (Å²) in [5, 5.41) is 63.3. The van der Waals surface area contributed by atoms with Crippen LogP contribution < -0.4 is 64.6 Å². The fourth-order valence-electron chi connectivity index (χ4n) is 9.00. The Labute approximate surface area is 537 Å². The molecule has 0 aliphatic carbocycles. The van der Waals surface area contributed by atoms with Gasteiger partial charge >= 0.3 is 11.9 Å². The Kier molecular flexibility index (Phi) is 29.4. The molecule has 0 saturated heterocycles. The summed E-state index contributed by atoms with van der Waals surface area (Å²) in [4.78, 5) is 179. The zero-order valence-corrected chi connectivity index (χ0v) is 50.8. The Morgan fingerprint density at radius 1 is 0.473 bits per heavy atom. The number of aliphatic hydroxyl groups excluding tert-OH is 1. The first-order chi connectivity index (χ1) is 44.4. The molecule has 0 saturated carbocycles. The van der Waals surface area contributed by atoms with Crippen LogP contribution in [0.4, 0.5) is 0 Å². The zero-order valence-electron chi connectivity index (χ0n) is 50.0. The number of aromatic nitrogens is 2. The molecule has 9 atom stereocenters. The van der Waals surface area contributed by atoms with Crippen LogP contribution in [0.1, 0.15) is 47.2 Å². The Bertz CT molecular complexity index is 3370. The van der Waals surface area contributed by atoms with Crippen molar-refractivity contribution in [2.24, 2.45) is 11.5 Å². The highest BCUT2D eigenvalue weighted by atomic mass is 32.1. The number of nitrogens with zero attached hydrogens (tertiary/aromatic N) is 1. The number of imidazole rings is 1. The Morgan fingerprint density at radius 2 is 0.892 bits per heavy atom. The molecule has 11 amide bonds. The van der Waals surface area contributed by atoms with E-state index in [1.54, 1.807) is 91.0 Å². The van der Waals surface area contributed by atoms with Gasteiger partial charge in [-0.15, -0.1) is 0 Å². The van der Waals surface area contributed by atoms with Gasteiger partial charge in [0.25, 0.3) is 0 Å². The number of thiol groups is 1. The first-order valence-corrected chi connectivity index (χ1v) is 29.6. The minimum atomic E-state index is -1.79. The van der Waals surface area contributed by atoms with E-state index in [-0.39, 0.29) is 37.9 Å². The fourth-order valence-corrected chi connectivity index (χ4v) is 9.25. The molecule has 0 bridgehead atoms. The number of phenolic OH excluding ortho intramolecular Hbond substituents is 1. The maximum Gasteiger partial charge on any atom is 0.326 e. The van der Waals surface area contributed by atoms with Crippen molar-refractivity contribution in [1.82, 2.24) is 63.1 Å². The molecule has 93 heavy (non-hydrogen) atoms. The third-order valence-electron chi connectivity index (χ3n) is 13.9. The number of aromatic amines is 1. The number of benzene rings is 4. The lowest BCUT2D eigenvalue weighted by molar-refractivity contribution is -0.142. The highest BCUT2D eigenvalue weighted by molar-refractivity contribution is 7.80. The average Bonchev–Trinajstić information content (AvgIpc) is 1.26. The second-order valence-corrected chi connectivity index (χ2v) is 21.5. The minimum Gasteiger partial charge on any atom is -0.508 e. The molecule has 1 aromatic heterocycles. The molecule has 9 unspecified atom stereocenters. The minimum absolute atomic E-state index is 0.00384. The number of carboxylic acids is 2. The smallest absolute Gasteiger partial charge is 0.326 e. The molecular weight excluding hydrogens is 1230 g/mol. The lowest BCUT2D eigenvalue weighted by Crippen LogP contribution is -2.60. The predicted molar refractivity (Wildman–Crippen MR) is 333 cm³/mol. The van der Waals surface area contributed by atoms with Crippen LogP contribution in [0.3, 0.4) is 0 Å². The zero-order chi connectivity index (χ0) is 68.0. The van der Waals surface area contributed by atoms with E-state index in [0.717, 1.165) is 0 Å². The maximum atomic E-state index is 14.4. The van der Waals surface area contributed by atoms with E-state index in [9.17, 15) is 82.8 Å². The van der Waals surface area contributed by atoms with E-state index in [4.69, 9.17) is 11.5 Å². The van der Waals surface area contributed by atoms with E-state index in [1.807, 2.05) is 0 Å². The Balaban J connectivity index is 1.21. The van der Waals surface area contributed by atoms with E-state index in [2.05, 4.69) is 75.8 Å². The molecule has 0 aliphatic rings. The quantitative estimate of drug-likeness (QED) is 0.0167. The van der Waals surface area contributed by atoms with E-state index in [1.165, 1.54) is 36.8 Å². The number of carbonyl (C=O) groups excluding carboxylic acids is 11. The molecule has 5 aromatic rings. The van der Waals surface area contributed by atoms with Crippen LogP contribution in [-0.4, -0.2) is 187 Å². The summed E-state index contributed by atoms with van der Waals surface area (Å²) < 4.78 is 0. The number of aliphatic hydroxyl groups is 1. The molecule has 32 heteroatoms. The molecular formula is C61H74N14O17S. The van der Waals surface area contributed by atoms with Gasteiger partial charge in [0.05, 0.1) is 38.5 Å². The Hall–Kier alpha value is -10.7. The summed E-state index contributed by atoms with van der Waals surface area (Å²) in [5.41, 5.74) is 14.0. The van der Waals surface area contributed by atoms with E-state index in [0.29, 0.717) is 27.9 Å². The van der Waals surface area contributed by atoms with Crippen molar-refractivity contribution in [2.75, 3.05) is 25.4 Å². The summed E-state index contributed by atoms with van der Waals surface area (Å²) >= 11 is 4.12. The highest BCUT2D eigenvalue weighted by Gasteiger charge is 2.35. The van der Waals surface area contributed by atoms with Gasteiger partial charge in [-0.25, -0.2) is 9.78 Å². The normalized spacial score (nSPS) is 13.8. The largest absolute Gasteiger partial charge is 0.508 e. The van der Waals surface area contributed by atoms with Crippen molar-refractivity contribution in [1.29, 1.82) is 0 Å². The first-order valence-electron chi connectivity index (χ1n) is 28.9. The third kappa shape index (κ3) is 25.6. The number of carbonyl (C=O) groups is 13. The van der Waals surface area contributed by atoms with Gasteiger partial charge in [-0.2, -0.15) is 12.6 Å². The maximum absolute atomic E-state index is 14.4. The van der Waals surface area contributed by atoms with Crippen molar-refractivity contribution in [3.05, 3.63) is 156 Å². The van der Waals surface area contributed by atoms with Crippen LogP contribution in [0.2, 0.25) is 0 Å². The van der Waals surface area contributed by atoms with Crippen LogP contribution in [0.15, 0.2) is 128 Å². The van der Waals surface area contributed by atoms with Gasteiger partial charge in [0.1, 0.15) is 54.1 Å². The summed E-state index contributed by atoms with van der Waals surface area (Å²) in [6.07, 6.45) is -0.0115. The highest BCUT2D eigenvalue weighted by Crippen LogP contribution is 2.14. The number of primary amides is 1. The van der Waals surface area contributed by atoms with Crippen molar-refractivity contribution in [3.8, 4) is 5.75 Å². The number of nitrogens with one attached hydrogen (secondary N) is 11. The molecule has 496 valence electrons.